The summed E-state index contributed by atoms with van der Waals surface area (Å²) in [7, 11) is 1.81. The summed E-state index contributed by atoms with van der Waals surface area (Å²) in [4.78, 5) is 17.5. The molecule has 0 fully saturated rings. The van der Waals surface area contributed by atoms with Crippen LogP contribution >= 0.6 is 12.2 Å². The summed E-state index contributed by atoms with van der Waals surface area (Å²) in [5, 5.41) is 0. The summed E-state index contributed by atoms with van der Waals surface area (Å²) in [6.07, 6.45) is 3.50. The number of nitrogens with two attached hydrogens (primary N) is 1. The van der Waals surface area contributed by atoms with Crippen molar-refractivity contribution in [1.29, 1.82) is 0 Å². The second kappa shape index (κ2) is 3.35. The number of H-pyrrole nitrogens is 1. The predicted octanol–water partition coefficient (Wildman–Crippen LogP) is 0.211. The third-order valence-electron chi connectivity index (χ3n) is 1.94. The minimum absolute atomic E-state index is 0.0725. The van der Waals surface area contributed by atoms with Crippen LogP contribution in [-0.2, 0) is 7.05 Å². The van der Waals surface area contributed by atoms with Crippen molar-refractivity contribution in [2.75, 3.05) is 5.73 Å². The Bertz CT molecular complexity index is 608. The molecule has 7 heteroatoms. The first-order valence-corrected chi connectivity index (χ1v) is 4.60. The van der Waals surface area contributed by atoms with E-state index < -0.39 is 0 Å². The van der Waals surface area contributed by atoms with E-state index in [9.17, 15) is 4.79 Å². The summed E-state index contributed by atoms with van der Waals surface area (Å²) < 4.78 is 3.91. The van der Waals surface area contributed by atoms with Gasteiger partial charge in [0.1, 0.15) is 5.82 Å². The molecule has 2 heterocycles. The zero-order valence-electron chi connectivity index (χ0n) is 7.97. The molecule has 0 atom stereocenters. The SMILES string of the molecule is Cn1ccn(-c2cc(=O)[nH]c(N)n2)c1=S. The Labute approximate surface area is 90.0 Å². The van der Waals surface area contributed by atoms with E-state index >= 15 is 0 Å². The van der Waals surface area contributed by atoms with Gasteiger partial charge in [-0.25, -0.2) is 0 Å². The maximum Gasteiger partial charge on any atom is 0.254 e. The maximum absolute atomic E-state index is 11.2. The molecule has 0 amide bonds. The second-order valence-electron chi connectivity index (χ2n) is 3.05. The van der Waals surface area contributed by atoms with E-state index in [-0.39, 0.29) is 11.5 Å². The normalized spacial score (nSPS) is 10.5. The highest BCUT2D eigenvalue weighted by atomic mass is 32.1. The molecule has 0 saturated carbocycles. The number of aryl methyl sites for hydroxylation is 1. The summed E-state index contributed by atoms with van der Waals surface area (Å²) in [5.41, 5.74) is 5.13. The van der Waals surface area contributed by atoms with Crippen molar-refractivity contribution in [3.8, 4) is 5.82 Å². The van der Waals surface area contributed by atoms with Gasteiger partial charge in [0.15, 0.2) is 4.77 Å². The molecule has 6 nitrogen and oxygen atoms in total. The lowest BCUT2D eigenvalue weighted by Gasteiger charge is -2.01. The molecule has 3 N–H and O–H groups in total. The number of nitrogens with one attached hydrogen (secondary N) is 1. The summed E-state index contributed by atoms with van der Waals surface area (Å²) in [6, 6.07) is 1.34. The van der Waals surface area contributed by atoms with Crippen LogP contribution in [0.1, 0.15) is 0 Å². The molecule has 0 unspecified atom stereocenters. The Kier molecular flexibility index (Phi) is 2.16. The van der Waals surface area contributed by atoms with E-state index in [1.54, 1.807) is 21.5 Å². The van der Waals surface area contributed by atoms with Crippen LogP contribution in [0.15, 0.2) is 23.3 Å². The van der Waals surface area contributed by atoms with Gasteiger partial charge in [0.25, 0.3) is 5.56 Å². The van der Waals surface area contributed by atoms with Crippen LogP contribution < -0.4 is 11.3 Å². The standard InChI is InChI=1S/C8H9N5OS/c1-12-2-3-13(8(12)15)5-4-6(14)11-7(9)10-5/h2-4H,1H3,(H3,9,10,11,14). The smallest absolute Gasteiger partial charge is 0.254 e. The zero-order valence-corrected chi connectivity index (χ0v) is 8.78. The highest BCUT2D eigenvalue weighted by Gasteiger charge is 2.03. The Balaban J connectivity index is 2.69. The zero-order chi connectivity index (χ0) is 11.0. The van der Waals surface area contributed by atoms with Crippen LogP contribution in [0.3, 0.4) is 0 Å². The van der Waals surface area contributed by atoms with Gasteiger partial charge in [0.2, 0.25) is 5.95 Å². The van der Waals surface area contributed by atoms with Crippen LogP contribution in [0.25, 0.3) is 5.82 Å². The Morgan fingerprint density at radius 2 is 2.27 bits per heavy atom. The summed E-state index contributed by atoms with van der Waals surface area (Å²) >= 11 is 5.13. The molecule has 15 heavy (non-hydrogen) atoms. The topological polar surface area (TPSA) is 81.6 Å². The Morgan fingerprint density at radius 3 is 2.80 bits per heavy atom. The molecule has 78 valence electrons. The van der Waals surface area contributed by atoms with Gasteiger partial charge in [0, 0.05) is 25.5 Å². The average Bonchev–Trinajstić information content (AvgIpc) is 2.46. The van der Waals surface area contributed by atoms with Gasteiger partial charge in [-0.1, -0.05) is 0 Å². The van der Waals surface area contributed by atoms with Crippen molar-refractivity contribution in [2.24, 2.45) is 7.05 Å². The highest BCUT2D eigenvalue weighted by molar-refractivity contribution is 7.71. The minimum Gasteiger partial charge on any atom is -0.369 e. The third kappa shape index (κ3) is 1.68. The van der Waals surface area contributed by atoms with Crippen LogP contribution in [0.4, 0.5) is 5.95 Å². The van der Waals surface area contributed by atoms with E-state index in [0.717, 1.165) is 0 Å². The average molecular weight is 223 g/mol. The Hall–Kier alpha value is -1.89. The molecule has 0 aliphatic heterocycles. The van der Waals surface area contributed by atoms with Gasteiger partial charge in [-0.2, -0.15) is 4.98 Å². The molecule has 0 aliphatic carbocycles. The molecule has 2 aromatic heterocycles. The van der Waals surface area contributed by atoms with Crippen molar-refractivity contribution in [3.63, 3.8) is 0 Å². The van der Waals surface area contributed by atoms with E-state index in [1.165, 1.54) is 6.07 Å². The first kappa shape index (κ1) is 9.66. The number of nitrogens with zero attached hydrogens (tertiary/aromatic N) is 3. The molecule has 0 saturated heterocycles. The third-order valence-corrected chi connectivity index (χ3v) is 2.43. The summed E-state index contributed by atoms with van der Waals surface area (Å²) in [6.45, 7) is 0. The molecular formula is C8H9N5OS. The first-order chi connectivity index (χ1) is 7.08. The molecule has 0 aromatic carbocycles. The van der Waals surface area contributed by atoms with Gasteiger partial charge in [0.05, 0.1) is 0 Å². The van der Waals surface area contributed by atoms with Gasteiger partial charge in [-0.15, -0.1) is 0 Å². The fourth-order valence-electron chi connectivity index (χ4n) is 1.23. The van der Waals surface area contributed by atoms with E-state index in [4.69, 9.17) is 18.0 Å². The molecule has 2 rings (SSSR count). The van der Waals surface area contributed by atoms with Crippen LogP contribution in [0.5, 0.6) is 0 Å². The number of anilines is 1. The first-order valence-electron chi connectivity index (χ1n) is 4.19. The van der Waals surface area contributed by atoms with Crippen LogP contribution in [-0.4, -0.2) is 19.1 Å². The number of nitrogen functional groups attached to an aromatic ring is 1. The summed E-state index contributed by atoms with van der Waals surface area (Å²) in [5.74, 6) is 0.491. The number of aromatic nitrogens is 4. The van der Waals surface area contributed by atoms with Crippen LogP contribution in [0.2, 0.25) is 0 Å². The van der Waals surface area contributed by atoms with Gasteiger partial charge < -0.3 is 10.3 Å². The lowest BCUT2D eigenvalue weighted by atomic mass is 10.5. The van der Waals surface area contributed by atoms with Crippen molar-refractivity contribution < 1.29 is 0 Å². The molecule has 0 aliphatic rings. The van der Waals surface area contributed by atoms with Crippen molar-refractivity contribution in [2.45, 2.75) is 0 Å². The molecule has 0 spiro atoms. The van der Waals surface area contributed by atoms with Gasteiger partial charge in [-0.05, 0) is 12.2 Å². The number of aromatic amines is 1. The maximum atomic E-state index is 11.2. The minimum atomic E-state index is -0.303. The van der Waals surface area contributed by atoms with E-state index in [2.05, 4.69) is 9.97 Å². The quantitative estimate of drug-likeness (QED) is 0.677. The number of imidazole rings is 1. The van der Waals surface area contributed by atoms with E-state index in [0.29, 0.717) is 10.6 Å². The van der Waals surface area contributed by atoms with Crippen LogP contribution in [0, 0.1) is 4.77 Å². The lowest BCUT2D eigenvalue weighted by molar-refractivity contribution is 0.848. The largest absolute Gasteiger partial charge is 0.369 e. The second-order valence-corrected chi connectivity index (χ2v) is 3.42. The van der Waals surface area contributed by atoms with E-state index in [1.807, 2.05) is 7.05 Å². The van der Waals surface area contributed by atoms with Crippen molar-refractivity contribution in [3.05, 3.63) is 33.6 Å². The van der Waals surface area contributed by atoms with Crippen molar-refractivity contribution >= 4 is 18.2 Å². The fourth-order valence-corrected chi connectivity index (χ4v) is 1.44. The van der Waals surface area contributed by atoms with Gasteiger partial charge >= 0.3 is 0 Å². The molecular weight excluding hydrogens is 214 g/mol. The monoisotopic (exact) mass is 223 g/mol. The van der Waals surface area contributed by atoms with Crippen molar-refractivity contribution in [1.82, 2.24) is 19.1 Å². The predicted molar refractivity (Wildman–Crippen MR) is 58.4 cm³/mol. The molecule has 2 aromatic rings. The Morgan fingerprint density at radius 1 is 1.53 bits per heavy atom. The fraction of sp³-hybridized carbons (Fsp3) is 0.125. The number of hydrogen-bond donors (Lipinski definition) is 2. The molecule has 0 bridgehead atoms. The van der Waals surface area contributed by atoms with Gasteiger partial charge in [-0.3, -0.25) is 14.3 Å². The number of hydrogen-bond acceptors (Lipinski definition) is 4. The lowest BCUT2D eigenvalue weighted by Crippen LogP contribution is -2.13. The highest BCUT2D eigenvalue weighted by Crippen LogP contribution is 2.04. The number of rotatable bonds is 1. The molecule has 0 radical (unpaired) electrons.